The zero-order valence-corrected chi connectivity index (χ0v) is 13.5. The summed E-state index contributed by atoms with van der Waals surface area (Å²) >= 11 is 1.52. The molecule has 2 atom stereocenters. The van der Waals surface area contributed by atoms with E-state index in [0.29, 0.717) is 31.0 Å². The second-order valence-corrected chi connectivity index (χ2v) is 8.78. The number of amides is 2. The van der Waals surface area contributed by atoms with E-state index in [0.717, 1.165) is 12.7 Å². The molecule has 2 rings (SSSR count). The third-order valence-corrected chi connectivity index (χ3v) is 6.50. The van der Waals surface area contributed by atoms with E-state index < -0.39 is 21.2 Å². The summed E-state index contributed by atoms with van der Waals surface area (Å²) in [6.07, 6.45) is 2.47. The smallest absolute Gasteiger partial charge is 0.321 e. The number of carbonyl (C=O) groups is 2. The number of hydrogen-bond acceptors (Lipinski definition) is 5. The molecule has 0 spiro atoms. The molecular weight excluding hydrogens is 316 g/mol. The lowest BCUT2D eigenvalue weighted by atomic mass is 10.1. The summed E-state index contributed by atoms with van der Waals surface area (Å²) in [5.74, 6) is 0.144. The number of hydrogen-bond donors (Lipinski definition) is 1. The van der Waals surface area contributed by atoms with Crippen molar-refractivity contribution in [2.75, 3.05) is 30.9 Å². The molecule has 0 aromatic rings. The molecule has 0 saturated carbocycles. The van der Waals surface area contributed by atoms with Crippen LogP contribution >= 0.6 is 11.8 Å². The molecule has 0 aliphatic carbocycles. The number of carboxylic acid groups (broad SMARTS) is 1. The Morgan fingerprint density at radius 3 is 2.62 bits per heavy atom. The highest BCUT2D eigenvalue weighted by molar-refractivity contribution is 8.00. The number of aliphatic carboxylic acids is 1. The average Bonchev–Trinajstić information content (AvgIpc) is 2.84. The van der Waals surface area contributed by atoms with E-state index in [1.807, 2.05) is 0 Å². The van der Waals surface area contributed by atoms with Crippen LogP contribution in [-0.4, -0.2) is 77.6 Å². The molecule has 0 aromatic heterocycles. The van der Waals surface area contributed by atoms with Crippen LogP contribution in [0.2, 0.25) is 0 Å². The van der Waals surface area contributed by atoms with Crippen LogP contribution < -0.4 is 0 Å². The maximum Gasteiger partial charge on any atom is 0.321 e. The number of thioether (sulfide) groups is 1. The van der Waals surface area contributed by atoms with E-state index in [2.05, 4.69) is 0 Å². The van der Waals surface area contributed by atoms with Gasteiger partial charge in [0.05, 0.1) is 6.42 Å². The Morgan fingerprint density at radius 2 is 2.00 bits per heavy atom. The SMILES string of the molecule is CS(=O)(=O)C1CSCCN1C(=O)N1CCCC1CC(=O)O. The van der Waals surface area contributed by atoms with Gasteiger partial charge >= 0.3 is 12.0 Å². The van der Waals surface area contributed by atoms with E-state index in [4.69, 9.17) is 5.11 Å². The lowest BCUT2D eigenvalue weighted by Gasteiger charge is -2.38. The van der Waals surface area contributed by atoms with Crippen molar-refractivity contribution in [2.24, 2.45) is 0 Å². The Hall–Kier alpha value is -0.960. The zero-order valence-electron chi connectivity index (χ0n) is 11.9. The van der Waals surface area contributed by atoms with Gasteiger partial charge < -0.3 is 14.9 Å². The molecule has 7 nitrogen and oxygen atoms in total. The fourth-order valence-corrected chi connectivity index (χ4v) is 5.63. The Bertz CT molecular complexity index is 522. The second kappa shape index (κ2) is 6.43. The maximum atomic E-state index is 12.6. The van der Waals surface area contributed by atoms with Crippen molar-refractivity contribution < 1.29 is 23.1 Å². The Balaban J connectivity index is 2.15. The Kier molecular flexibility index (Phi) is 5.03. The van der Waals surface area contributed by atoms with Crippen LogP contribution in [0.5, 0.6) is 0 Å². The second-order valence-electron chi connectivity index (χ2n) is 5.42. The highest BCUT2D eigenvalue weighted by Gasteiger charge is 2.39. The molecule has 0 aromatic carbocycles. The van der Waals surface area contributed by atoms with Crippen molar-refractivity contribution in [2.45, 2.75) is 30.7 Å². The number of urea groups is 1. The largest absolute Gasteiger partial charge is 0.481 e. The van der Waals surface area contributed by atoms with Crippen molar-refractivity contribution in [3.63, 3.8) is 0 Å². The Morgan fingerprint density at radius 1 is 1.29 bits per heavy atom. The number of sulfone groups is 1. The monoisotopic (exact) mass is 336 g/mol. The first kappa shape index (κ1) is 16.4. The average molecular weight is 336 g/mol. The molecule has 21 heavy (non-hydrogen) atoms. The van der Waals surface area contributed by atoms with Gasteiger partial charge in [0, 0.05) is 36.9 Å². The number of carboxylic acids is 1. The van der Waals surface area contributed by atoms with E-state index >= 15 is 0 Å². The third-order valence-electron chi connectivity index (χ3n) is 3.86. The van der Waals surface area contributed by atoms with Crippen molar-refractivity contribution in [1.82, 2.24) is 9.80 Å². The van der Waals surface area contributed by atoms with Crippen molar-refractivity contribution in [1.29, 1.82) is 0 Å². The predicted molar refractivity (Wildman–Crippen MR) is 80.0 cm³/mol. The summed E-state index contributed by atoms with van der Waals surface area (Å²) in [5, 5.41) is 8.10. The van der Waals surface area contributed by atoms with Gasteiger partial charge in [-0.3, -0.25) is 4.79 Å². The summed E-state index contributed by atoms with van der Waals surface area (Å²) in [6, 6.07) is -0.667. The number of rotatable bonds is 3. The van der Waals surface area contributed by atoms with Gasteiger partial charge in [0.2, 0.25) is 0 Å². The minimum atomic E-state index is -3.35. The molecular formula is C12H20N2O5S2. The fraction of sp³-hybridized carbons (Fsp3) is 0.833. The molecule has 2 fully saturated rings. The first-order valence-corrected chi connectivity index (χ1v) is 9.97. The normalized spacial score (nSPS) is 26.9. The summed E-state index contributed by atoms with van der Waals surface area (Å²) in [7, 11) is -3.35. The first-order valence-electron chi connectivity index (χ1n) is 6.86. The van der Waals surface area contributed by atoms with Crippen molar-refractivity contribution >= 4 is 33.6 Å². The van der Waals surface area contributed by atoms with Crippen LogP contribution in [0, 0.1) is 0 Å². The lowest BCUT2D eigenvalue weighted by molar-refractivity contribution is -0.138. The zero-order chi connectivity index (χ0) is 15.6. The maximum absolute atomic E-state index is 12.6. The van der Waals surface area contributed by atoms with Crippen LogP contribution in [0.3, 0.4) is 0 Å². The molecule has 2 amide bonds. The lowest BCUT2D eigenvalue weighted by Crippen LogP contribution is -2.55. The number of carbonyl (C=O) groups excluding carboxylic acids is 1. The summed E-state index contributed by atoms with van der Waals surface area (Å²) in [5.41, 5.74) is 0. The quantitative estimate of drug-likeness (QED) is 0.805. The highest BCUT2D eigenvalue weighted by Crippen LogP contribution is 2.26. The number of nitrogens with zero attached hydrogens (tertiary/aromatic N) is 2. The molecule has 2 unspecified atom stereocenters. The fourth-order valence-electron chi connectivity index (χ4n) is 2.82. The van der Waals surface area contributed by atoms with Crippen LogP contribution in [0.1, 0.15) is 19.3 Å². The van der Waals surface area contributed by atoms with E-state index in [9.17, 15) is 18.0 Å². The van der Waals surface area contributed by atoms with Gasteiger partial charge in [0.15, 0.2) is 9.84 Å². The van der Waals surface area contributed by atoms with Crippen LogP contribution in [0.15, 0.2) is 0 Å². The van der Waals surface area contributed by atoms with E-state index in [1.54, 1.807) is 0 Å². The summed E-state index contributed by atoms with van der Waals surface area (Å²) in [6.45, 7) is 0.883. The van der Waals surface area contributed by atoms with Gasteiger partial charge in [-0.15, -0.1) is 0 Å². The van der Waals surface area contributed by atoms with Gasteiger partial charge in [-0.05, 0) is 12.8 Å². The minimum Gasteiger partial charge on any atom is -0.481 e. The van der Waals surface area contributed by atoms with Crippen LogP contribution in [-0.2, 0) is 14.6 Å². The first-order chi connectivity index (χ1) is 9.80. The molecule has 0 radical (unpaired) electrons. The molecule has 2 heterocycles. The minimum absolute atomic E-state index is 0.0854. The standard InChI is InChI=1S/C12H20N2O5S2/c1-21(18,19)10-8-20-6-5-14(10)12(17)13-4-2-3-9(13)7-11(15)16/h9-10H,2-8H2,1H3,(H,15,16). The van der Waals surface area contributed by atoms with E-state index in [1.165, 1.54) is 21.6 Å². The van der Waals surface area contributed by atoms with Crippen LogP contribution in [0.25, 0.3) is 0 Å². The van der Waals surface area contributed by atoms with Gasteiger partial charge in [0.1, 0.15) is 5.37 Å². The molecule has 2 aliphatic rings. The molecule has 1 N–H and O–H groups in total. The highest BCUT2D eigenvalue weighted by atomic mass is 32.2. The van der Waals surface area contributed by atoms with Crippen molar-refractivity contribution in [3.8, 4) is 0 Å². The van der Waals surface area contributed by atoms with Crippen molar-refractivity contribution in [3.05, 3.63) is 0 Å². The molecule has 2 aliphatic heterocycles. The van der Waals surface area contributed by atoms with Gasteiger partial charge in [-0.25, -0.2) is 13.2 Å². The van der Waals surface area contributed by atoms with Gasteiger partial charge in [-0.2, -0.15) is 11.8 Å². The molecule has 2 saturated heterocycles. The summed E-state index contributed by atoms with van der Waals surface area (Å²) < 4.78 is 23.7. The molecule has 120 valence electrons. The molecule has 0 bridgehead atoms. The summed E-state index contributed by atoms with van der Waals surface area (Å²) in [4.78, 5) is 26.4. The molecule has 9 heteroatoms. The topological polar surface area (TPSA) is 95.0 Å². The van der Waals surface area contributed by atoms with E-state index in [-0.39, 0.29) is 18.5 Å². The third kappa shape index (κ3) is 3.82. The van der Waals surface area contributed by atoms with Gasteiger partial charge in [-0.1, -0.05) is 0 Å². The Labute approximate surface area is 128 Å². The van der Waals surface area contributed by atoms with Gasteiger partial charge in [0.25, 0.3) is 0 Å². The predicted octanol–water partition coefficient (Wildman–Crippen LogP) is 0.465. The van der Waals surface area contributed by atoms with Crippen LogP contribution in [0.4, 0.5) is 4.79 Å². The number of likely N-dealkylation sites (tertiary alicyclic amines) is 1.